The maximum Gasteiger partial charge on any atom is 0.310 e. The number of carboxylic acids is 1. The molecule has 1 heterocycles. The molecule has 1 N–H and O–H groups in total. The number of fused-ring (bicyclic) bond motifs is 1. The summed E-state index contributed by atoms with van der Waals surface area (Å²) in [6, 6.07) is 7.71. The first-order chi connectivity index (χ1) is 8.93. The van der Waals surface area contributed by atoms with Crippen LogP contribution in [0.3, 0.4) is 0 Å². The van der Waals surface area contributed by atoms with Gasteiger partial charge in [-0.15, -0.1) is 0 Å². The SMILES string of the molecule is O=C(O)C1(C2CCS(=O)(=O)C2)Cc2ccccc2C1. The third kappa shape index (κ3) is 1.96. The lowest BCUT2D eigenvalue weighted by atomic mass is 9.72. The molecule has 1 atom stereocenters. The van der Waals surface area contributed by atoms with E-state index in [1.165, 1.54) is 0 Å². The Hall–Kier alpha value is -1.36. The lowest BCUT2D eigenvalue weighted by Crippen LogP contribution is -2.40. The molecule has 3 rings (SSSR count). The first kappa shape index (κ1) is 12.7. The number of carboxylic acid groups (broad SMARTS) is 1. The van der Waals surface area contributed by atoms with Gasteiger partial charge in [-0.3, -0.25) is 4.79 Å². The van der Waals surface area contributed by atoms with Crippen molar-refractivity contribution >= 4 is 15.8 Å². The van der Waals surface area contributed by atoms with Crippen molar-refractivity contribution in [2.45, 2.75) is 19.3 Å². The number of hydrogen-bond acceptors (Lipinski definition) is 3. The highest BCUT2D eigenvalue weighted by atomic mass is 32.2. The molecule has 1 saturated heterocycles. The average molecular weight is 280 g/mol. The van der Waals surface area contributed by atoms with Gasteiger partial charge >= 0.3 is 5.97 Å². The monoisotopic (exact) mass is 280 g/mol. The van der Waals surface area contributed by atoms with Crippen molar-refractivity contribution in [1.29, 1.82) is 0 Å². The van der Waals surface area contributed by atoms with E-state index in [0.717, 1.165) is 11.1 Å². The first-order valence-electron chi connectivity index (χ1n) is 6.44. The first-order valence-corrected chi connectivity index (χ1v) is 8.26. The van der Waals surface area contributed by atoms with Crippen LogP contribution in [0.5, 0.6) is 0 Å². The topological polar surface area (TPSA) is 71.4 Å². The normalized spacial score (nSPS) is 27.1. The molecule has 0 aromatic heterocycles. The summed E-state index contributed by atoms with van der Waals surface area (Å²) in [5.41, 5.74) is 1.18. The summed E-state index contributed by atoms with van der Waals surface area (Å²) in [6.07, 6.45) is 1.39. The van der Waals surface area contributed by atoms with Crippen molar-refractivity contribution in [2.75, 3.05) is 11.5 Å². The molecular weight excluding hydrogens is 264 g/mol. The van der Waals surface area contributed by atoms with Crippen molar-refractivity contribution in [2.24, 2.45) is 11.3 Å². The molecule has 0 bridgehead atoms. The molecule has 1 unspecified atom stereocenters. The van der Waals surface area contributed by atoms with Gasteiger partial charge in [-0.25, -0.2) is 8.42 Å². The number of carbonyl (C=O) groups is 1. The smallest absolute Gasteiger partial charge is 0.310 e. The van der Waals surface area contributed by atoms with Crippen LogP contribution in [0.15, 0.2) is 24.3 Å². The second-order valence-electron chi connectivity index (χ2n) is 5.68. The molecule has 1 fully saturated rings. The Balaban J connectivity index is 1.98. The highest BCUT2D eigenvalue weighted by Gasteiger charge is 2.52. The molecule has 0 radical (unpaired) electrons. The molecule has 0 spiro atoms. The molecule has 102 valence electrons. The lowest BCUT2D eigenvalue weighted by Gasteiger charge is -2.29. The zero-order chi connectivity index (χ0) is 13.7. The van der Waals surface area contributed by atoms with E-state index in [4.69, 9.17) is 0 Å². The van der Waals surface area contributed by atoms with E-state index in [9.17, 15) is 18.3 Å². The van der Waals surface area contributed by atoms with Gasteiger partial charge in [0.05, 0.1) is 16.9 Å². The van der Waals surface area contributed by atoms with Gasteiger partial charge in [0, 0.05) is 0 Å². The van der Waals surface area contributed by atoms with Crippen LogP contribution in [0.2, 0.25) is 0 Å². The number of aliphatic carboxylic acids is 1. The van der Waals surface area contributed by atoms with Crippen LogP contribution in [-0.2, 0) is 27.5 Å². The second-order valence-corrected chi connectivity index (χ2v) is 7.91. The highest BCUT2D eigenvalue weighted by molar-refractivity contribution is 7.91. The molecule has 1 aromatic rings. The van der Waals surface area contributed by atoms with E-state index in [2.05, 4.69) is 0 Å². The van der Waals surface area contributed by atoms with E-state index in [-0.39, 0.29) is 17.4 Å². The lowest BCUT2D eigenvalue weighted by molar-refractivity contribution is -0.151. The van der Waals surface area contributed by atoms with Crippen LogP contribution in [-0.4, -0.2) is 31.0 Å². The largest absolute Gasteiger partial charge is 0.481 e. The van der Waals surface area contributed by atoms with Crippen LogP contribution in [0.4, 0.5) is 0 Å². The fraction of sp³-hybridized carbons (Fsp3) is 0.500. The summed E-state index contributed by atoms with van der Waals surface area (Å²) in [4.78, 5) is 11.8. The van der Waals surface area contributed by atoms with Crippen LogP contribution < -0.4 is 0 Å². The second kappa shape index (κ2) is 4.07. The summed E-state index contributed by atoms with van der Waals surface area (Å²) in [6.45, 7) is 0. The molecule has 1 aliphatic carbocycles. The van der Waals surface area contributed by atoms with Crippen LogP contribution in [0.25, 0.3) is 0 Å². The van der Waals surface area contributed by atoms with Crippen molar-refractivity contribution in [3.05, 3.63) is 35.4 Å². The minimum Gasteiger partial charge on any atom is -0.481 e. The molecule has 2 aliphatic rings. The van der Waals surface area contributed by atoms with Crippen molar-refractivity contribution in [1.82, 2.24) is 0 Å². The summed E-state index contributed by atoms with van der Waals surface area (Å²) in [5, 5.41) is 9.67. The van der Waals surface area contributed by atoms with E-state index in [0.29, 0.717) is 19.3 Å². The Kier molecular flexibility index (Phi) is 2.71. The predicted octanol–water partition coefficient (Wildman–Crippen LogP) is 1.29. The van der Waals surface area contributed by atoms with Crippen molar-refractivity contribution in [3.8, 4) is 0 Å². The molecule has 0 amide bonds. The number of benzene rings is 1. The quantitative estimate of drug-likeness (QED) is 0.886. The van der Waals surface area contributed by atoms with Crippen molar-refractivity contribution in [3.63, 3.8) is 0 Å². The Morgan fingerprint density at radius 3 is 2.21 bits per heavy atom. The van der Waals surface area contributed by atoms with Gasteiger partial charge in [0.25, 0.3) is 0 Å². The standard InChI is InChI=1S/C14H16O4S/c15-13(16)14(12-5-6-19(17,18)9-12)7-10-3-1-2-4-11(10)8-14/h1-4,12H,5-9H2,(H,15,16). The molecule has 0 saturated carbocycles. The van der Waals surface area contributed by atoms with Gasteiger partial charge in [-0.2, -0.15) is 0 Å². The fourth-order valence-corrected chi connectivity index (χ4v) is 5.40. The molecule has 19 heavy (non-hydrogen) atoms. The summed E-state index contributed by atoms with van der Waals surface area (Å²) in [7, 11) is -3.06. The van der Waals surface area contributed by atoms with Gasteiger partial charge in [0.1, 0.15) is 0 Å². The van der Waals surface area contributed by atoms with E-state index >= 15 is 0 Å². The number of rotatable bonds is 2. The van der Waals surface area contributed by atoms with Gasteiger partial charge in [0.2, 0.25) is 0 Å². The van der Waals surface area contributed by atoms with E-state index in [1.54, 1.807) is 0 Å². The van der Waals surface area contributed by atoms with Gasteiger partial charge < -0.3 is 5.11 Å². The van der Waals surface area contributed by atoms with Crippen LogP contribution in [0, 0.1) is 11.3 Å². The third-order valence-corrected chi connectivity index (χ3v) is 6.34. The fourth-order valence-electron chi connectivity index (χ4n) is 3.49. The molecule has 1 aliphatic heterocycles. The number of hydrogen-bond donors (Lipinski definition) is 1. The van der Waals surface area contributed by atoms with Gasteiger partial charge in [-0.1, -0.05) is 24.3 Å². The van der Waals surface area contributed by atoms with Gasteiger partial charge in [0.15, 0.2) is 9.84 Å². The van der Waals surface area contributed by atoms with E-state index in [1.807, 2.05) is 24.3 Å². The maximum atomic E-state index is 11.8. The Morgan fingerprint density at radius 2 is 1.79 bits per heavy atom. The minimum absolute atomic E-state index is 0.0211. The predicted molar refractivity (Wildman–Crippen MR) is 70.7 cm³/mol. The minimum atomic E-state index is -3.06. The van der Waals surface area contributed by atoms with Crippen molar-refractivity contribution < 1.29 is 18.3 Å². The number of sulfone groups is 1. The van der Waals surface area contributed by atoms with E-state index < -0.39 is 21.2 Å². The average Bonchev–Trinajstić information content (AvgIpc) is 2.90. The molecular formula is C14H16O4S. The molecule has 1 aromatic carbocycles. The maximum absolute atomic E-state index is 11.8. The van der Waals surface area contributed by atoms with Gasteiger partial charge in [-0.05, 0) is 36.3 Å². The van der Waals surface area contributed by atoms with Crippen LogP contribution in [0.1, 0.15) is 17.5 Å². The Bertz CT molecular complexity index is 608. The Morgan fingerprint density at radius 1 is 1.21 bits per heavy atom. The molecule has 4 nitrogen and oxygen atoms in total. The highest BCUT2D eigenvalue weighted by Crippen LogP contribution is 2.46. The zero-order valence-electron chi connectivity index (χ0n) is 10.5. The summed E-state index contributed by atoms with van der Waals surface area (Å²) < 4.78 is 23.3. The summed E-state index contributed by atoms with van der Waals surface area (Å²) in [5.74, 6) is -0.968. The zero-order valence-corrected chi connectivity index (χ0v) is 11.3. The Labute approximate surface area is 112 Å². The molecule has 5 heteroatoms. The summed E-state index contributed by atoms with van der Waals surface area (Å²) >= 11 is 0. The third-order valence-electron chi connectivity index (χ3n) is 4.57. The van der Waals surface area contributed by atoms with Crippen LogP contribution >= 0.6 is 0 Å².